The number of anilines is 1. The number of esters is 1. The molecule has 0 saturated carbocycles. The van der Waals surface area contributed by atoms with Gasteiger partial charge in [-0.2, -0.15) is 0 Å². The molecule has 2 aromatic carbocycles. The number of aryl methyl sites for hydroxylation is 1. The molecule has 1 N–H and O–H groups in total. The fraction of sp³-hybridized carbons (Fsp3) is 0.222. The third-order valence-electron chi connectivity index (χ3n) is 3.43. The molecule has 126 valence electrons. The van der Waals surface area contributed by atoms with Gasteiger partial charge in [-0.1, -0.05) is 19.1 Å². The van der Waals surface area contributed by atoms with E-state index in [0.717, 1.165) is 24.1 Å². The Morgan fingerprint density at radius 2 is 1.79 bits per heavy atom. The standard InChI is InChI=1S/C18H17F2NO3/c1-3-12-4-7-14(8-5-12)21-17(22)11(2)24-18(23)15-9-6-13(19)10-16(15)20/h4-11H,3H2,1-2H3,(H,21,22)/t11-/m0/s1. The number of rotatable bonds is 5. The highest BCUT2D eigenvalue weighted by atomic mass is 19.1. The van der Waals surface area contributed by atoms with Crippen molar-refractivity contribution in [3.8, 4) is 0 Å². The van der Waals surface area contributed by atoms with Crippen LogP contribution in [0.3, 0.4) is 0 Å². The fourth-order valence-corrected chi connectivity index (χ4v) is 2.00. The van der Waals surface area contributed by atoms with Crippen LogP contribution in [0.15, 0.2) is 42.5 Å². The average molecular weight is 333 g/mol. The lowest BCUT2D eigenvalue weighted by Gasteiger charge is -2.14. The third-order valence-corrected chi connectivity index (χ3v) is 3.43. The third kappa shape index (κ3) is 4.38. The lowest BCUT2D eigenvalue weighted by Crippen LogP contribution is -2.30. The van der Waals surface area contributed by atoms with Gasteiger partial charge in [-0.15, -0.1) is 0 Å². The molecule has 0 aliphatic carbocycles. The smallest absolute Gasteiger partial charge is 0.341 e. The van der Waals surface area contributed by atoms with Crippen molar-refractivity contribution in [2.24, 2.45) is 0 Å². The van der Waals surface area contributed by atoms with Crippen LogP contribution in [-0.4, -0.2) is 18.0 Å². The van der Waals surface area contributed by atoms with E-state index in [0.29, 0.717) is 11.8 Å². The van der Waals surface area contributed by atoms with Gasteiger partial charge in [0.2, 0.25) is 0 Å². The van der Waals surface area contributed by atoms with Gasteiger partial charge in [-0.25, -0.2) is 13.6 Å². The molecule has 0 unspecified atom stereocenters. The molecule has 24 heavy (non-hydrogen) atoms. The van der Waals surface area contributed by atoms with E-state index in [1.807, 2.05) is 19.1 Å². The van der Waals surface area contributed by atoms with Gasteiger partial charge in [0, 0.05) is 11.8 Å². The van der Waals surface area contributed by atoms with Crippen molar-refractivity contribution in [2.75, 3.05) is 5.32 Å². The van der Waals surface area contributed by atoms with Gasteiger partial charge in [-0.05, 0) is 43.2 Å². The van der Waals surface area contributed by atoms with Crippen LogP contribution in [0.5, 0.6) is 0 Å². The highest BCUT2D eigenvalue weighted by Crippen LogP contribution is 2.14. The first-order valence-electron chi connectivity index (χ1n) is 7.46. The molecular weight excluding hydrogens is 316 g/mol. The molecule has 2 rings (SSSR count). The Morgan fingerprint density at radius 1 is 1.12 bits per heavy atom. The van der Waals surface area contributed by atoms with Crippen LogP contribution in [0.4, 0.5) is 14.5 Å². The zero-order valence-corrected chi connectivity index (χ0v) is 13.3. The summed E-state index contributed by atoms with van der Waals surface area (Å²) >= 11 is 0. The highest BCUT2D eigenvalue weighted by Gasteiger charge is 2.21. The topological polar surface area (TPSA) is 55.4 Å². The quantitative estimate of drug-likeness (QED) is 0.849. The van der Waals surface area contributed by atoms with E-state index in [2.05, 4.69) is 5.32 Å². The number of nitrogens with one attached hydrogen (secondary N) is 1. The molecule has 0 radical (unpaired) electrons. The number of benzene rings is 2. The zero-order chi connectivity index (χ0) is 17.7. The fourth-order valence-electron chi connectivity index (χ4n) is 2.00. The van der Waals surface area contributed by atoms with Crippen molar-refractivity contribution >= 4 is 17.6 Å². The summed E-state index contributed by atoms with van der Waals surface area (Å²) in [5, 5.41) is 2.60. The van der Waals surface area contributed by atoms with Crippen LogP contribution < -0.4 is 5.32 Å². The molecule has 1 atom stereocenters. The summed E-state index contributed by atoms with van der Waals surface area (Å²) in [6.45, 7) is 3.39. The lowest BCUT2D eigenvalue weighted by molar-refractivity contribution is -0.123. The Bertz CT molecular complexity index is 744. The molecular formula is C18H17F2NO3. The van der Waals surface area contributed by atoms with Crippen LogP contribution in [0, 0.1) is 11.6 Å². The van der Waals surface area contributed by atoms with Crippen molar-refractivity contribution < 1.29 is 23.1 Å². The van der Waals surface area contributed by atoms with Crippen molar-refractivity contribution in [1.29, 1.82) is 0 Å². The van der Waals surface area contributed by atoms with Gasteiger partial charge >= 0.3 is 5.97 Å². The summed E-state index contributed by atoms with van der Waals surface area (Å²) < 4.78 is 31.3. The first-order chi connectivity index (χ1) is 11.4. The maximum Gasteiger partial charge on any atom is 0.341 e. The van der Waals surface area contributed by atoms with Gasteiger partial charge in [-0.3, -0.25) is 4.79 Å². The van der Waals surface area contributed by atoms with Gasteiger partial charge in [0.25, 0.3) is 5.91 Å². The SMILES string of the molecule is CCc1ccc(NC(=O)[C@H](C)OC(=O)c2ccc(F)cc2F)cc1. The van der Waals surface area contributed by atoms with E-state index in [1.165, 1.54) is 6.92 Å². The number of carbonyl (C=O) groups is 2. The molecule has 0 aliphatic heterocycles. The maximum absolute atomic E-state index is 13.5. The molecule has 0 bridgehead atoms. The monoisotopic (exact) mass is 333 g/mol. The zero-order valence-electron chi connectivity index (χ0n) is 13.3. The molecule has 4 nitrogen and oxygen atoms in total. The van der Waals surface area contributed by atoms with Crippen LogP contribution in [-0.2, 0) is 16.0 Å². The number of halogens is 2. The van der Waals surface area contributed by atoms with Crippen LogP contribution in [0.2, 0.25) is 0 Å². The second kappa shape index (κ2) is 7.68. The summed E-state index contributed by atoms with van der Waals surface area (Å²) in [5.74, 6) is -3.42. The molecule has 6 heteroatoms. The minimum absolute atomic E-state index is 0.427. The normalized spacial score (nSPS) is 11.7. The average Bonchev–Trinajstić information content (AvgIpc) is 2.55. The first kappa shape index (κ1) is 17.6. The molecule has 2 aromatic rings. The number of hydrogen-bond acceptors (Lipinski definition) is 3. The van der Waals surface area contributed by atoms with Gasteiger partial charge in [0.1, 0.15) is 11.6 Å². The number of ether oxygens (including phenoxy) is 1. The van der Waals surface area contributed by atoms with Crippen molar-refractivity contribution in [2.45, 2.75) is 26.4 Å². The van der Waals surface area contributed by atoms with Crippen molar-refractivity contribution in [3.63, 3.8) is 0 Å². The van der Waals surface area contributed by atoms with E-state index in [1.54, 1.807) is 12.1 Å². The number of hydrogen-bond donors (Lipinski definition) is 1. The predicted octanol–water partition coefficient (Wildman–Crippen LogP) is 3.71. The molecule has 0 heterocycles. The molecule has 0 fully saturated rings. The van der Waals surface area contributed by atoms with Crippen LogP contribution in [0.25, 0.3) is 0 Å². The Morgan fingerprint density at radius 3 is 2.38 bits per heavy atom. The summed E-state index contributed by atoms with van der Waals surface area (Å²) in [5.41, 5.74) is 1.26. The summed E-state index contributed by atoms with van der Waals surface area (Å²) in [4.78, 5) is 23.9. The minimum Gasteiger partial charge on any atom is -0.449 e. The van der Waals surface area contributed by atoms with E-state index < -0.39 is 35.2 Å². The summed E-state index contributed by atoms with van der Waals surface area (Å²) in [7, 11) is 0. The maximum atomic E-state index is 13.5. The van der Waals surface area contributed by atoms with Gasteiger partial charge in [0.05, 0.1) is 5.56 Å². The van der Waals surface area contributed by atoms with E-state index in [9.17, 15) is 18.4 Å². The molecule has 0 aromatic heterocycles. The van der Waals surface area contributed by atoms with E-state index >= 15 is 0 Å². The molecule has 0 saturated heterocycles. The van der Waals surface area contributed by atoms with Crippen LogP contribution in [0.1, 0.15) is 29.8 Å². The first-order valence-corrected chi connectivity index (χ1v) is 7.46. The minimum atomic E-state index is -1.13. The Hall–Kier alpha value is -2.76. The Kier molecular flexibility index (Phi) is 5.63. The summed E-state index contributed by atoms with van der Waals surface area (Å²) in [6.07, 6.45) is -0.251. The van der Waals surface area contributed by atoms with Crippen LogP contribution >= 0.6 is 0 Å². The van der Waals surface area contributed by atoms with Crippen molar-refractivity contribution in [1.82, 2.24) is 0 Å². The summed E-state index contributed by atoms with van der Waals surface area (Å²) in [6, 6.07) is 9.73. The van der Waals surface area contributed by atoms with E-state index in [-0.39, 0.29) is 0 Å². The Balaban J connectivity index is 1.98. The second-order valence-corrected chi connectivity index (χ2v) is 5.21. The molecule has 0 spiro atoms. The highest BCUT2D eigenvalue weighted by molar-refractivity contribution is 5.97. The second-order valence-electron chi connectivity index (χ2n) is 5.21. The molecule has 0 aliphatic rings. The number of carbonyl (C=O) groups excluding carboxylic acids is 2. The largest absolute Gasteiger partial charge is 0.449 e. The number of amides is 1. The van der Waals surface area contributed by atoms with Gasteiger partial charge in [0.15, 0.2) is 6.10 Å². The lowest BCUT2D eigenvalue weighted by atomic mass is 10.1. The predicted molar refractivity (Wildman–Crippen MR) is 85.7 cm³/mol. The van der Waals surface area contributed by atoms with E-state index in [4.69, 9.17) is 4.74 Å². The molecule has 1 amide bonds. The van der Waals surface area contributed by atoms with Gasteiger partial charge < -0.3 is 10.1 Å². The van der Waals surface area contributed by atoms with Crippen molar-refractivity contribution in [3.05, 3.63) is 65.2 Å². The Labute approximate surface area is 138 Å².